The highest BCUT2D eigenvalue weighted by Crippen LogP contribution is 2.12. The Kier molecular flexibility index (Phi) is 21.3. The fraction of sp³-hybridized carbons (Fsp3) is 0.760. The molecule has 0 aliphatic rings. The molecule has 0 heterocycles. The highest BCUT2D eigenvalue weighted by atomic mass is 16.6. The van der Waals surface area contributed by atoms with Crippen molar-refractivity contribution in [2.24, 2.45) is 0 Å². The first-order valence-corrected chi connectivity index (χ1v) is 12.3. The van der Waals surface area contributed by atoms with Crippen LogP contribution in [0.3, 0.4) is 0 Å². The second-order valence-electron chi connectivity index (χ2n) is 7.51. The van der Waals surface area contributed by atoms with E-state index in [0.717, 1.165) is 24.5 Å². The van der Waals surface area contributed by atoms with Gasteiger partial charge in [0, 0.05) is 12.3 Å². The molecule has 0 atom stereocenters. The molecule has 0 aromatic heterocycles. The molecule has 1 aromatic rings. The number of benzene rings is 1. The van der Waals surface area contributed by atoms with Crippen molar-refractivity contribution < 1.29 is 33.2 Å². The maximum absolute atomic E-state index is 5.63. The van der Waals surface area contributed by atoms with Crippen LogP contribution < -0.4 is 10.5 Å². The maximum atomic E-state index is 5.63. The van der Waals surface area contributed by atoms with Crippen LogP contribution in [-0.4, -0.2) is 85.9 Å². The Bertz CT molecular complexity index is 516. The highest BCUT2D eigenvalue weighted by Gasteiger charge is 1.96. The number of nitrogen functional groups attached to an aromatic ring is 1. The molecule has 1 rings (SSSR count). The Morgan fingerprint density at radius 3 is 1.33 bits per heavy atom. The number of anilines is 1. The lowest BCUT2D eigenvalue weighted by Crippen LogP contribution is -2.14. The lowest BCUT2D eigenvalue weighted by atomic mass is 10.2. The van der Waals surface area contributed by atoms with Gasteiger partial charge in [-0.1, -0.05) is 32.6 Å². The predicted molar refractivity (Wildman–Crippen MR) is 130 cm³/mol. The fourth-order valence-corrected chi connectivity index (χ4v) is 2.79. The van der Waals surface area contributed by atoms with E-state index < -0.39 is 0 Å². The van der Waals surface area contributed by atoms with Gasteiger partial charge < -0.3 is 38.9 Å². The van der Waals surface area contributed by atoms with Crippen molar-refractivity contribution in [2.75, 3.05) is 91.6 Å². The van der Waals surface area contributed by atoms with Crippen LogP contribution in [-0.2, 0) is 28.4 Å². The molecule has 0 unspecified atom stereocenters. The van der Waals surface area contributed by atoms with E-state index in [2.05, 4.69) is 6.92 Å². The van der Waals surface area contributed by atoms with Crippen molar-refractivity contribution in [1.82, 2.24) is 0 Å². The van der Waals surface area contributed by atoms with Crippen molar-refractivity contribution in [3.63, 3.8) is 0 Å². The largest absolute Gasteiger partial charge is 0.491 e. The summed E-state index contributed by atoms with van der Waals surface area (Å²) in [5, 5.41) is 0. The summed E-state index contributed by atoms with van der Waals surface area (Å²) >= 11 is 0. The third kappa shape index (κ3) is 20.9. The minimum absolute atomic E-state index is 0.491. The Morgan fingerprint density at radius 2 is 0.879 bits per heavy atom. The zero-order chi connectivity index (χ0) is 23.7. The number of hydrogen-bond acceptors (Lipinski definition) is 8. The Morgan fingerprint density at radius 1 is 0.485 bits per heavy atom. The Hall–Kier alpha value is -1.42. The van der Waals surface area contributed by atoms with Crippen LogP contribution in [0.5, 0.6) is 5.75 Å². The SMILES string of the molecule is CCCCCCCOCCOCCOCCOCCOCCOCCOc1ccc(N)cc1. The number of ether oxygens (including phenoxy) is 7. The van der Waals surface area contributed by atoms with Gasteiger partial charge in [-0.05, 0) is 30.7 Å². The standard InChI is InChI=1S/C25H45NO7/c1-2-3-4-5-6-11-27-12-13-28-14-15-29-16-17-30-18-19-31-20-21-32-22-23-33-25-9-7-24(26)8-10-25/h7-10H,2-6,11-23,26H2,1H3. The molecule has 1 aromatic carbocycles. The zero-order valence-corrected chi connectivity index (χ0v) is 20.5. The normalized spacial score (nSPS) is 11.2. The van der Waals surface area contributed by atoms with E-state index in [9.17, 15) is 0 Å². The quantitative estimate of drug-likeness (QED) is 0.170. The van der Waals surface area contributed by atoms with Crippen molar-refractivity contribution in [2.45, 2.75) is 39.0 Å². The zero-order valence-electron chi connectivity index (χ0n) is 20.5. The second kappa shape index (κ2) is 23.7. The Labute approximate surface area is 200 Å². The van der Waals surface area contributed by atoms with E-state index in [4.69, 9.17) is 38.9 Å². The van der Waals surface area contributed by atoms with Crippen LogP contribution in [0.25, 0.3) is 0 Å². The van der Waals surface area contributed by atoms with Crippen LogP contribution in [0.4, 0.5) is 5.69 Å². The molecule has 0 radical (unpaired) electrons. The van der Waals surface area contributed by atoms with Crippen LogP contribution in [0.15, 0.2) is 24.3 Å². The van der Waals surface area contributed by atoms with Gasteiger partial charge in [0.1, 0.15) is 12.4 Å². The van der Waals surface area contributed by atoms with Crippen LogP contribution in [0.1, 0.15) is 39.0 Å². The maximum Gasteiger partial charge on any atom is 0.119 e. The molecular formula is C25H45NO7. The smallest absolute Gasteiger partial charge is 0.119 e. The fourth-order valence-electron chi connectivity index (χ4n) is 2.79. The van der Waals surface area contributed by atoms with Gasteiger partial charge in [0.15, 0.2) is 0 Å². The van der Waals surface area contributed by atoms with Gasteiger partial charge in [0.05, 0.1) is 72.7 Å². The summed E-state index contributed by atoms with van der Waals surface area (Å²) in [5.74, 6) is 0.783. The summed E-state index contributed by atoms with van der Waals surface area (Å²) < 4.78 is 38.4. The van der Waals surface area contributed by atoms with Gasteiger partial charge in [-0.15, -0.1) is 0 Å². The summed E-state index contributed by atoms with van der Waals surface area (Å²) in [4.78, 5) is 0. The first-order chi connectivity index (χ1) is 16.3. The van der Waals surface area contributed by atoms with Crippen molar-refractivity contribution >= 4 is 5.69 Å². The topological polar surface area (TPSA) is 90.6 Å². The molecule has 0 saturated heterocycles. The molecule has 2 N–H and O–H groups in total. The second-order valence-corrected chi connectivity index (χ2v) is 7.51. The van der Waals surface area contributed by atoms with Crippen molar-refractivity contribution in [1.29, 1.82) is 0 Å². The molecule has 0 fully saturated rings. The van der Waals surface area contributed by atoms with Gasteiger partial charge in [-0.2, -0.15) is 0 Å². The van der Waals surface area contributed by atoms with E-state index >= 15 is 0 Å². The first kappa shape index (κ1) is 29.6. The van der Waals surface area contributed by atoms with Gasteiger partial charge in [0.2, 0.25) is 0 Å². The Balaban J connectivity index is 1.66. The average Bonchev–Trinajstić information content (AvgIpc) is 2.83. The molecule has 192 valence electrons. The molecule has 8 nitrogen and oxygen atoms in total. The summed E-state index contributed by atoms with van der Waals surface area (Å²) in [6.07, 6.45) is 6.30. The summed E-state index contributed by atoms with van der Waals surface area (Å²) in [7, 11) is 0. The molecule has 0 spiro atoms. The van der Waals surface area contributed by atoms with E-state index in [-0.39, 0.29) is 0 Å². The lowest BCUT2D eigenvalue weighted by Gasteiger charge is -2.09. The minimum atomic E-state index is 0.491. The molecule has 8 heteroatoms. The van der Waals surface area contributed by atoms with Crippen LogP contribution in [0.2, 0.25) is 0 Å². The van der Waals surface area contributed by atoms with E-state index in [0.29, 0.717) is 79.3 Å². The number of hydrogen-bond donors (Lipinski definition) is 1. The summed E-state index contributed by atoms with van der Waals surface area (Å²) in [6.45, 7) is 9.69. The molecule has 0 aliphatic carbocycles. The van der Waals surface area contributed by atoms with Crippen molar-refractivity contribution in [3.8, 4) is 5.75 Å². The third-order valence-corrected chi connectivity index (χ3v) is 4.63. The van der Waals surface area contributed by atoms with Crippen LogP contribution in [0, 0.1) is 0 Å². The number of nitrogens with two attached hydrogens (primary N) is 1. The molecule has 0 bridgehead atoms. The van der Waals surface area contributed by atoms with Crippen molar-refractivity contribution in [3.05, 3.63) is 24.3 Å². The molecular weight excluding hydrogens is 426 g/mol. The van der Waals surface area contributed by atoms with Gasteiger partial charge in [0.25, 0.3) is 0 Å². The highest BCUT2D eigenvalue weighted by molar-refractivity contribution is 5.41. The van der Waals surface area contributed by atoms with E-state index in [1.54, 1.807) is 0 Å². The molecule has 0 saturated carbocycles. The van der Waals surface area contributed by atoms with Crippen LogP contribution >= 0.6 is 0 Å². The average molecular weight is 472 g/mol. The minimum Gasteiger partial charge on any atom is -0.491 e. The molecule has 0 aliphatic heterocycles. The number of unbranched alkanes of at least 4 members (excludes halogenated alkanes) is 4. The predicted octanol–water partition coefficient (Wildman–Crippen LogP) is 3.72. The van der Waals surface area contributed by atoms with E-state index in [1.807, 2.05) is 24.3 Å². The summed E-state index contributed by atoms with van der Waals surface area (Å²) in [5.41, 5.74) is 6.35. The van der Waals surface area contributed by atoms with Gasteiger partial charge >= 0.3 is 0 Å². The lowest BCUT2D eigenvalue weighted by molar-refractivity contribution is -0.0179. The van der Waals surface area contributed by atoms with Gasteiger partial charge in [-0.3, -0.25) is 0 Å². The van der Waals surface area contributed by atoms with Gasteiger partial charge in [-0.25, -0.2) is 0 Å². The molecule has 33 heavy (non-hydrogen) atoms. The first-order valence-electron chi connectivity index (χ1n) is 12.3. The monoisotopic (exact) mass is 471 g/mol. The van der Waals surface area contributed by atoms with E-state index in [1.165, 1.54) is 25.7 Å². The third-order valence-electron chi connectivity index (χ3n) is 4.63. The molecule has 0 amide bonds. The number of rotatable bonds is 25. The summed E-state index contributed by atoms with van der Waals surface area (Å²) in [6, 6.07) is 7.29.